The quantitative estimate of drug-likeness (QED) is 0.626. The smallest absolute Gasteiger partial charge is 0.170 e. The second-order valence-electron chi connectivity index (χ2n) is 4.13. The Balaban J connectivity index is 2.37. The van der Waals surface area contributed by atoms with Crippen molar-refractivity contribution in [2.75, 3.05) is 0 Å². The van der Waals surface area contributed by atoms with Crippen molar-refractivity contribution in [2.24, 2.45) is 0 Å². The Morgan fingerprint density at radius 1 is 0.875 bits per heavy atom. The van der Waals surface area contributed by atoms with E-state index in [1.807, 2.05) is 36.4 Å². The summed E-state index contributed by atoms with van der Waals surface area (Å²) < 4.78 is 0. The fourth-order valence-corrected chi connectivity index (χ4v) is 2.32. The molecular weight excluding hydrogens is 200 g/mol. The van der Waals surface area contributed by atoms with Gasteiger partial charge < -0.3 is 0 Å². The van der Waals surface area contributed by atoms with Gasteiger partial charge in [-0.15, -0.1) is 0 Å². The standard InChI is InChI=1S/C14H10O2/c15-10-7-13-11-4-2-1-3-9(11)5-6-12(13)14(16)8-10/h1-6H,7-8H2. The van der Waals surface area contributed by atoms with Crippen molar-refractivity contribution >= 4 is 22.3 Å². The van der Waals surface area contributed by atoms with E-state index in [1.54, 1.807) is 0 Å². The summed E-state index contributed by atoms with van der Waals surface area (Å²) in [6.07, 6.45) is 0.452. The Labute approximate surface area is 92.9 Å². The van der Waals surface area contributed by atoms with Crippen LogP contribution in [0, 0.1) is 0 Å². The fourth-order valence-electron chi connectivity index (χ4n) is 2.32. The molecule has 2 heteroatoms. The summed E-state index contributed by atoms with van der Waals surface area (Å²) in [4.78, 5) is 23.2. The van der Waals surface area contributed by atoms with E-state index in [2.05, 4.69) is 0 Å². The van der Waals surface area contributed by atoms with Crippen LogP contribution in [0.3, 0.4) is 0 Å². The van der Waals surface area contributed by atoms with Crippen LogP contribution in [0.15, 0.2) is 36.4 Å². The molecule has 0 saturated carbocycles. The first-order valence-corrected chi connectivity index (χ1v) is 5.31. The van der Waals surface area contributed by atoms with Crippen LogP contribution in [0.2, 0.25) is 0 Å². The summed E-state index contributed by atoms with van der Waals surface area (Å²) in [5, 5.41) is 2.12. The number of carbonyl (C=O) groups excluding carboxylic acids is 2. The normalized spacial score (nSPS) is 15.2. The lowest BCUT2D eigenvalue weighted by molar-refractivity contribution is -0.117. The average molecular weight is 210 g/mol. The number of carbonyl (C=O) groups is 2. The van der Waals surface area contributed by atoms with Gasteiger partial charge in [0.2, 0.25) is 0 Å². The Kier molecular flexibility index (Phi) is 1.90. The highest BCUT2D eigenvalue weighted by molar-refractivity contribution is 6.15. The fraction of sp³-hybridized carbons (Fsp3) is 0.143. The minimum atomic E-state index is -0.0444. The molecule has 16 heavy (non-hydrogen) atoms. The Morgan fingerprint density at radius 2 is 1.69 bits per heavy atom. The molecule has 0 fully saturated rings. The topological polar surface area (TPSA) is 34.1 Å². The predicted molar refractivity (Wildman–Crippen MR) is 61.6 cm³/mol. The third kappa shape index (κ3) is 1.27. The van der Waals surface area contributed by atoms with Gasteiger partial charge in [0.1, 0.15) is 5.78 Å². The first kappa shape index (κ1) is 9.28. The molecule has 78 valence electrons. The van der Waals surface area contributed by atoms with Crippen LogP contribution in [0.5, 0.6) is 0 Å². The number of hydrogen-bond donors (Lipinski definition) is 0. The van der Waals surface area contributed by atoms with E-state index in [0.717, 1.165) is 21.9 Å². The first-order chi connectivity index (χ1) is 7.75. The lowest BCUT2D eigenvalue weighted by atomic mass is 9.86. The molecule has 0 unspecified atom stereocenters. The summed E-state index contributed by atoms with van der Waals surface area (Å²) in [5.74, 6) is -0.0224. The zero-order valence-electron chi connectivity index (χ0n) is 8.69. The van der Waals surface area contributed by atoms with Gasteiger partial charge in [-0.25, -0.2) is 0 Å². The van der Waals surface area contributed by atoms with Crippen molar-refractivity contribution in [3.8, 4) is 0 Å². The predicted octanol–water partition coefficient (Wildman–Crippen LogP) is 2.54. The zero-order valence-corrected chi connectivity index (χ0v) is 8.69. The van der Waals surface area contributed by atoms with Gasteiger partial charge in [-0.1, -0.05) is 36.4 Å². The van der Waals surface area contributed by atoms with Crippen LogP contribution in [0.1, 0.15) is 22.3 Å². The van der Waals surface area contributed by atoms with Crippen molar-refractivity contribution in [3.05, 3.63) is 47.5 Å². The SMILES string of the molecule is O=C1CC(=O)c2ccc3ccccc3c2C1. The van der Waals surface area contributed by atoms with Gasteiger partial charge in [-0.3, -0.25) is 9.59 Å². The van der Waals surface area contributed by atoms with E-state index < -0.39 is 0 Å². The first-order valence-electron chi connectivity index (χ1n) is 5.31. The number of hydrogen-bond acceptors (Lipinski definition) is 2. The number of benzene rings is 2. The molecule has 0 N–H and O–H groups in total. The van der Waals surface area contributed by atoms with Crippen molar-refractivity contribution in [1.29, 1.82) is 0 Å². The molecule has 0 atom stereocenters. The molecule has 0 saturated heterocycles. The van der Waals surface area contributed by atoms with Crippen LogP contribution in [0.4, 0.5) is 0 Å². The second kappa shape index (κ2) is 3.27. The van der Waals surface area contributed by atoms with Crippen LogP contribution in [-0.2, 0) is 11.2 Å². The van der Waals surface area contributed by atoms with Crippen LogP contribution in [0.25, 0.3) is 10.8 Å². The Bertz CT molecular complexity index is 611. The summed E-state index contributed by atoms with van der Waals surface area (Å²) in [7, 11) is 0. The zero-order chi connectivity index (χ0) is 11.1. The van der Waals surface area contributed by atoms with Crippen molar-refractivity contribution in [2.45, 2.75) is 12.8 Å². The molecule has 0 bridgehead atoms. The third-order valence-corrected chi connectivity index (χ3v) is 3.07. The monoisotopic (exact) mass is 210 g/mol. The van der Waals surface area contributed by atoms with Crippen molar-refractivity contribution in [3.63, 3.8) is 0 Å². The van der Waals surface area contributed by atoms with E-state index in [1.165, 1.54) is 0 Å². The molecule has 0 heterocycles. The van der Waals surface area contributed by atoms with Crippen LogP contribution >= 0.6 is 0 Å². The van der Waals surface area contributed by atoms with E-state index in [0.29, 0.717) is 6.42 Å². The molecule has 3 rings (SSSR count). The third-order valence-electron chi connectivity index (χ3n) is 3.07. The molecule has 0 spiro atoms. The molecule has 1 aliphatic carbocycles. The second-order valence-corrected chi connectivity index (χ2v) is 4.13. The summed E-state index contributed by atoms with van der Waals surface area (Å²) >= 11 is 0. The molecule has 0 radical (unpaired) electrons. The minimum absolute atomic E-state index is 0.0221. The van der Waals surface area contributed by atoms with Crippen LogP contribution < -0.4 is 0 Å². The highest BCUT2D eigenvalue weighted by Crippen LogP contribution is 2.27. The molecule has 0 aliphatic heterocycles. The number of fused-ring (bicyclic) bond motifs is 3. The Morgan fingerprint density at radius 3 is 2.56 bits per heavy atom. The van der Waals surface area contributed by atoms with Gasteiger partial charge in [-0.2, -0.15) is 0 Å². The highest BCUT2D eigenvalue weighted by Gasteiger charge is 2.24. The van der Waals surface area contributed by atoms with E-state index >= 15 is 0 Å². The average Bonchev–Trinajstić information content (AvgIpc) is 2.28. The lowest BCUT2D eigenvalue weighted by Crippen LogP contribution is -2.19. The summed E-state index contributed by atoms with van der Waals surface area (Å²) in [5.41, 5.74) is 1.62. The number of ketones is 2. The maximum absolute atomic E-state index is 11.7. The maximum atomic E-state index is 11.7. The molecule has 0 aromatic heterocycles. The molecule has 2 aromatic carbocycles. The van der Waals surface area contributed by atoms with E-state index in [-0.39, 0.29) is 18.0 Å². The molecule has 2 aromatic rings. The largest absolute Gasteiger partial charge is 0.299 e. The minimum Gasteiger partial charge on any atom is -0.299 e. The molecular formula is C14H10O2. The van der Waals surface area contributed by atoms with Crippen molar-refractivity contribution < 1.29 is 9.59 Å². The lowest BCUT2D eigenvalue weighted by Gasteiger charge is -2.16. The van der Waals surface area contributed by atoms with Gasteiger partial charge in [0.05, 0.1) is 6.42 Å². The molecule has 0 amide bonds. The van der Waals surface area contributed by atoms with E-state index in [9.17, 15) is 9.59 Å². The van der Waals surface area contributed by atoms with Crippen molar-refractivity contribution in [1.82, 2.24) is 0 Å². The molecule has 2 nitrogen and oxygen atoms in total. The van der Waals surface area contributed by atoms with Gasteiger partial charge in [-0.05, 0) is 16.3 Å². The summed E-state index contributed by atoms with van der Waals surface area (Å²) in [6, 6.07) is 11.7. The maximum Gasteiger partial charge on any atom is 0.170 e. The van der Waals surface area contributed by atoms with Gasteiger partial charge in [0, 0.05) is 12.0 Å². The van der Waals surface area contributed by atoms with Gasteiger partial charge >= 0.3 is 0 Å². The number of Topliss-reactive ketones (excluding diaryl/α,β-unsaturated/α-hetero) is 2. The highest BCUT2D eigenvalue weighted by atomic mass is 16.1. The Hall–Kier alpha value is -1.96. The van der Waals surface area contributed by atoms with Gasteiger partial charge in [0.25, 0.3) is 0 Å². The summed E-state index contributed by atoms with van der Waals surface area (Å²) in [6.45, 7) is 0. The number of rotatable bonds is 0. The molecule has 1 aliphatic rings. The van der Waals surface area contributed by atoms with Gasteiger partial charge in [0.15, 0.2) is 5.78 Å². The van der Waals surface area contributed by atoms with E-state index in [4.69, 9.17) is 0 Å². The van der Waals surface area contributed by atoms with Crippen LogP contribution in [-0.4, -0.2) is 11.6 Å².